The third-order valence-electron chi connectivity index (χ3n) is 2.30. The first-order valence-corrected chi connectivity index (χ1v) is 6.08. The molecule has 0 atom stereocenters. The van der Waals surface area contributed by atoms with E-state index in [1.807, 2.05) is 0 Å². The van der Waals surface area contributed by atoms with Crippen molar-refractivity contribution in [2.75, 3.05) is 7.05 Å². The summed E-state index contributed by atoms with van der Waals surface area (Å²) in [7, 11) is -1.96. The number of benzene rings is 1. The zero-order valence-electron chi connectivity index (χ0n) is 8.23. The number of rotatable bonds is 0. The number of sulfonamides is 1. The van der Waals surface area contributed by atoms with E-state index in [1.165, 1.54) is 13.1 Å². The molecule has 80 valence electrons. The first kappa shape index (κ1) is 10.4. The van der Waals surface area contributed by atoms with Gasteiger partial charge in [-0.2, -0.15) is 0 Å². The molecule has 1 aliphatic rings. The Labute approximate surface area is 93.2 Å². The lowest BCUT2D eigenvalue weighted by Crippen LogP contribution is -2.33. The van der Waals surface area contributed by atoms with Crippen molar-refractivity contribution in [1.29, 1.82) is 0 Å². The highest BCUT2D eigenvalue weighted by atomic mass is 35.5. The summed E-state index contributed by atoms with van der Waals surface area (Å²) < 4.78 is 25.0. The number of hydrogen-bond donors (Lipinski definition) is 0. The van der Waals surface area contributed by atoms with Crippen molar-refractivity contribution in [1.82, 2.24) is 4.31 Å². The highest BCUT2D eigenvalue weighted by molar-refractivity contribution is 7.89. The first-order chi connectivity index (χ1) is 6.93. The lowest BCUT2D eigenvalue weighted by Gasteiger charge is -2.24. The molecule has 15 heavy (non-hydrogen) atoms. The predicted octanol–water partition coefficient (Wildman–Crippen LogP) is 2.02. The van der Waals surface area contributed by atoms with Crippen LogP contribution in [0.5, 0.6) is 0 Å². The Balaban J connectivity index is 2.78. The maximum absolute atomic E-state index is 11.9. The number of amidine groups is 1. The normalized spacial score (nSPS) is 18.3. The molecule has 0 unspecified atom stereocenters. The van der Waals surface area contributed by atoms with E-state index in [2.05, 4.69) is 4.99 Å². The zero-order valence-corrected chi connectivity index (χ0v) is 9.80. The molecule has 4 nitrogen and oxygen atoms in total. The van der Waals surface area contributed by atoms with E-state index in [9.17, 15) is 8.42 Å². The topological polar surface area (TPSA) is 49.7 Å². The van der Waals surface area contributed by atoms with Gasteiger partial charge in [-0.3, -0.25) is 4.31 Å². The van der Waals surface area contributed by atoms with E-state index in [0.29, 0.717) is 16.5 Å². The summed E-state index contributed by atoms with van der Waals surface area (Å²) in [6, 6.07) is 4.56. The molecular formula is C9H9ClN2O2S. The van der Waals surface area contributed by atoms with Crippen LogP contribution in [-0.4, -0.2) is 25.6 Å². The minimum Gasteiger partial charge on any atom is -0.257 e. The molecule has 1 aromatic rings. The highest BCUT2D eigenvalue weighted by Crippen LogP contribution is 2.33. The molecule has 0 saturated heterocycles. The van der Waals surface area contributed by atoms with Gasteiger partial charge >= 0.3 is 0 Å². The summed E-state index contributed by atoms with van der Waals surface area (Å²) in [5.74, 6) is 0.435. The van der Waals surface area contributed by atoms with Crippen LogP contribution in [0.15, 0.2) is 28.1 Å². The Morgan fingerprint density at radius 1 is 1.40 bits per heavy atom. The molecule has 0 fully saturated rings. The summed E-state index contributed by atoms with van der Waals surface area (Å²) in [5.41, 5.74) is 0.401. The van der Waals surface area contributed by atoms with E-state index in [-0.39, 0.29) is 4.90 Å². The molecule has 0 radical (unpaired) electrons. The summed E-state index contributed by atoms with van der Waals surface area (Å²) >= 11 is 5.78. The van der Waals surface area contributed by atoms with Crippen molar-refractivity contribution in [2.45, 2.75) is 11.8 Å². The van der Waals surface area contributed by atoms with E-state index in [0.717, 1.165) is 4.31 Å². The van der Waals surface area contributed by atoms with Crippen LogP contribution in [0.4, 0.5) is 5.69 Å². The maximum atomic E-state index is 11.9. The quantitative estimate of drug-likeness (QED) is 0.701. The van der Waals surface area contributed by atoms with Crippen molar-refractivity contribution < 1.29 is 8.42 Å². The van der Waals surface area contributed by atoms with Crippen LogP contribution in [0.3, 0.4) is 0 Å². The number of halogens is 1. The van der Waals surface area contributed by atoms with Crippen LogP contribution in [0.2, 0.25) is 5.02 Å². The summed E-state index contributed by atoms with van der Waals surface area (Å²) in [5, 5.41) is 0.477. The lowest BCUT2D eigenvalue weighted by atomic mass is 10.3. The van der Waals surface area contributed by atoms with Crippen LogP contribution in [-0.2, 0) is 10.0 Å². The third-order valence-corrected chi connectivity index (χ3v) is 4.42. The summed E-state index contributed by atoms with van der Waals surface area (Å²) in [4.78, 5) is 4.36. The standard InChI is InChI=1S/C9H9ClN2O2S/c1-6-11-8-5-7(10)3-4-9(8)15(13,14)12(6)2/h3-5H,1-2H3. The van der Waals surface area contributed by atoms with Crippen LogP contribution in [0, 0.1) is 0 Å². The van der Waals surface area contributed by atoms with Crippen LogP contribution in [0.1, 0.15) is 6.92 Å². The van der Waals surface area contributed by atoms with E-state index in [4.69, 9.17) is 11.6 Å². The number of fused-ring (bicyclic) bond motifs is 1. The fourth-order valence-electron chi connectivity index (χ4n) is 1.36. The van der Waals surface area contributed by atoms with E-state index >= 15 is 0 Å². The van der Waals surface area contributed by atoms with Gasteiger partial charge in [0, 0.05) is 12.1 Å². The number of aliphatic imine (C=N–C) groups is 1. The minimum absolute atomic E-state index is 0.194. The second-order valence-corrected chi connectivity index (χ2v) is 5.62. The van der Waals surface area contributed by atoms with Crippen molar-refractivity contribution in [3.63, 3.8) is 0 Å². The second-order valence-electron chi connectivity index (χ2n) is 3.24. The molecule has 0 N–H and O–H groups in total. The molecule has 1 aromatic carbocycles. The molecule has 0 spiro atoms. The van der Waals surface area contributed by atoms with Gasteiger partial charge in [-0.25, -0.2) is 13.4 Å². The monoisotopic (exact) mass is 244 g/mol. The fourth-order valence-corrected chi connectivity index (χ4v) is 2.82. The van der Waals surface area contributed by atoms with E-state index < -0.39 is 10.0 Å². The Hall–Kier alpha value is -1.07. The van der Waals surface area contributed by atoms with Gasteiger partial charge < -0.3 is 0 Å². The Bertz CT molecular complexity index is 551. The Morgan fingerprint density at radius 3 is 2.73 bits per heavy atom. The van der Waals surface area contributed by atoms with Crippen LogP contribution >= 0.6 is 11.6 Å². The SMILES string of the molecule is CC1=Nc2cc(Cl)ccc2S(=O)(=O)N1C. The van der Waals surface area contributed by atoms with Crippen molar-refractivity contribution in [2.24, 2.45) is 4.99 Å². The van der Waals surface area contributed by atoms with E-state index in [1.54, 1.807) is 19.1 Å². The molecule has 0 saturated carbocycles. The number of hydrogen-bond acceptors (Lipinski definition) is 3. The summed E-state index contributed by atoms with van der Waals surface area (Å²) in [6.45, 7) is 1.64. The van der Waals surface area contributed by atoms with Gasteiger partial charge in [0.2, 0.25) is 0 Å². The van der Waals surface area contributed by atoms with Gasteiger partial charge in [0.05, 0.1) is 5.69 Å². The predicted molar refractivity (Wildman–Crippen MR) is 59.2 cm³/mol. The average molecular weight is 245 g/mol. The van der Waals surface area contributed by atoms with Crippen molar-refractivity contribution >= 4 is 33.1 Å². The minimum atomic E-state index is -3.44. The maximum Gasteiger partial charge on any atom is 0.267 e. The van der Waals surface area contributed by atoms with Gasteiger partial charge in [0.1, 0.15) is 10.7 Å². The van der Waals surface area contributed by atoms with Gasteiger partial charge in [0.15, 0.2) is 0 Å². The third kappa shape index (κ3) is 1.52. The molecule has 1 aliphatic heterocycles. The fraction of sp³-hybridized carbons (Fsp3) is 0.222. The Kier molecular flexibility index (Phi) is 2.24. The largest absolute Gasteiger partial charge is 0.267 e. The molecule has 0 bridgehead atoms. The molecule has 2 rings (SSSR count). The lowest BCUT2D eigenvalue weighted by molar-refractivity contribution is 0.549. The smallest absolute Gasteiger partial charge is 0.257 e. The number of nitrogens with zero attached hydrogens (tertiary/aromatic N) is 2. The molecule has 0 amide bonds. The molecule has 0 aliphatic carbocycles. The average Bonchev–Trinajstić information content (AvgIpc) is 2.14. The van der Waals surface area contributed by atoms with Gasteiger partial charge in [-0.15, -0.1) is 0 Å². The Morgan fingerprint density at radius 2 is 2.07 bits per heavy atom. The van der Waals surface area contributed by atoms with Crippen molar-refractivity contribution in [3.8, 4) is 0 Å². The van der Waals surface area contributed by atoms with Crippen molar-refractivity contribution in [3.05, 3.63) is 23.2 Å². The van der Waals surface area contributed by atoms with Crippen LogP contribution < -0.4 is 0 Å². The van der Waals surface area contributed by atoms with Gasteiger partial charge in [0.25, 0.3) is 10.0 Å². The van der Waals surface area contributed by atoms with Gasteiger partial charge in [-0.05, 0) is 25.1 Å². The van der Waals surface area contributed by atoms with Gasteiger partial charge in [-0.1, -0.05) is 11.6 Å². The van der Waals surface area contributed by atoms with Crippen LogP contribution in [0.25, 0.3) is 0 Å². The summed E-state index contributed by atoms with van der Waals surface area (Å²) in [6.07, 6.45) is 0. The highest BCUT2D eigenvalue weighted by Gasteiger charge is 2.29. The molecule has 6 heteroatoms. The second kappa shape index (κ2) is 3.21. The molecule has 0 aromatic heterocycles. The molecular weight excluding hydrogens is 236 g/mol. The molecule has 1 heterocycles. The first-order valence-electron chi connectivity index (χ1n) is 4.27. The zero-order chi connectivity index (χ0) is 11.2.